The molecule has 1 saturated carbocycles. The molecule has 2 heterocycles. The van der Waals surface area contributed by atoms with Gasteiger partial charge in [-0.15, -0.1) is 0 Å². The van der Waals surface area contributed by atoms with E-state index in [2.05, 4.69) is 5.32 Å². The number of ether oxygens (including phenoxy) is 1. The first-order valence-electron chi connectivity index (χ1n) is 6.39. The van der Waals surface area contributed by atoms with Gasteiger partial charge in [0.1, 0.15) is 6.26 Å². The summed E-state index contributed by atoms with van der Waals surface area (Å²) in [7, 11) is 0. The van der Waals surface area contributed by atoms with Gasteiger partial charge in [-0.3, -0.25) is 4.79 Å². The molecule has 0 aromatic carbocycles. The number of hydrogen-bond donors (Lipinski definition) is 2. The van der Waals surface area contributed by atoms with Gasteiger partial charge < -0.3 is 19.6 Å². The third kappa shape index (κ3) is 2.49. The predicted octanol–water partition coefficient (Wildman–Crippen LogP) is 1.28. The summed E-state index contributed by atoms with van der Waals surface area (Å²) in [5, 5.41) is 11.6. The first-order chi connectivity index (χ1) is 9.15. The maximum Gasteiger partial charge on any atom is 0.338 e. The smallest absolute Gasteiger partial charge is 0.338 e. The number of hydrogen-bond acceptors (Lipinski definition) is 4. The van der Waals surface area contributed by atoms with Gasteiger partial charge in [-0.2, -0.15) is 0 Å². The molecule has 102 valence electrons. The number of rotatable bonds is 4. The molecule has 0 spiro atoms. The van der Waals surface area contributed by atoms with E-state index in [-0.39, 0.29) is 29.4 Å². The summed E-state index contributed by atoms with van der Waals surface area (Å²) in [6, 6.07) is 1.23. The highest BCUT2D eigenvalue weighted by molar-refractivity contribution is 5.95. The van der Waals surface area contributed by atoms with Crippen molar-refractivity contribution in [3.63, 3.8) is 0 Å². The van der Waals surface area contributed by atoms with Crippen LogP contribution in [0.25, 0.3) is 0 Å². The number of carbonyl (C=O) groups excluding carboxylic acids is 1. The minimum atomic E-state index is -1.11. The molecule has 0 radical (unpaired) electrons. The van der Waals surface area contributed by atoms with Crippen LogP contribution in [0.2, 0.25) is 0 Å². The van der Waals surface area contributed by atoms with E-state index in [9.17, 15) is 9.59 Å². The molecule has 0 bridgehead atoms. The van der Waals surface area contributed by atoms with Crippen LogP contribution in [0.15, 0.2) is 16.7 Å². The predicted molar refractivity (Wildman–Crippen MR) is 64.0 cm³/mol. The lowest BCUT2D eigenvalue weighted by Crippen LogP contribution is -2.41. The van der Waals surface area contributed by atoms with Crippen molar-refractivity contribution in [3.05, 3.63) is 23.7 Å². The number of amides is 1. The summed E-state index contributed by atoms with van der Waals surface area (Å²) in [4.78, 5) is 22.7. The standard InChI is InChI=1S/C13H15NO5/c15-12(10-5-8(6-19-10)13(16)17)14-9-3-4-18-11(9)7-1-2-7/h5-7,9,11H,1-4H2,(H,14,15)(H,16,17). The number of furan rings is 1. The number of carbonyl (C=O) groups is 2. The Hall–Kier alpha value is -1.82. The van der Waals surface area contributed by atoms with E-state index in [4.69, 9.17) is 14.3 Å². The monoisotopic (exact) mass is 265 g/mol. The molecule has 1 aliphatic heterocycles. The zero-order chi connectivity index (χ0) is 13.4. The highest BCUT2D eigenvalue weighted by Gasteiger charge is 2.41. The van der Waals surface area contributed by atoms with E-state index >= 15 is 0 Å². The quantitative estimate of drug-likeness (QED) is 0.856. The minimum absolute atomic E-state index is 0.00150. The fourth-order valence-corrected chi connectivity index (χ4v) is 2.46. The van der Waals surface area contributed by atoms with Crippen molar-refractivity contribution in [1.29, 1.82) is 0 Å². The summed E-state index contributed by atoms with van der Waals surface area (Å²) < 4.78 is 10.6. The number of aromatic carboxylic acids is 1. The largest absolute Gasteiger partial charge is 0.478 e. The van der Waals surface area contributed by atoms with Gasteiger partial charge in [0.05, 0.1) is 17.7 Å². The van der Waals surface area contributed by atoms with Gasteiger partial charge in [-0.05, 0) is 25.2 Å². The fourth-order valence-electron chi connectivity index (χ4n) is 2.46. The second kappa shape index (κ2) is 4.70. The van der Waals surface area contributed by atoms with Gasteiger partial charge in [0.2, 0.25) is 0 Å². The normalized spacial score (nSPS) is 26.3. The van der Waals surface area contributed by atoms with E-state index in [0.29, 0.717) is 12.5 Å². The van der Waals surface area contributed by atoms with Crippen molar-refractivity contribution in [1.82, 2.24) is 5.32 Å². The zero-order valence-corrected chi connectivity index (χ0v) is 10.3. The van der Waals surface area contributed by atoms with Gasteiger partial charge in [-0.25, -0.2) is 4.79 Å². The van der Waals surface area contributed by atoms with Gasteiger partial charge >= 0.3 is 5.97 Å². The number of nitrogens with one attached hydrogen (secondary N) is 1. The Bertz CT molecular complexity index is 505. The molecular formula is C13H15NO5. The Morgan fingerprint density at radius 1 is 1.32 bits per heavy atom. The van der Waals surface area contributed by atoms with Crippen LogP contribution in [-0.2, 0) is 4.74 Å². The molecule has 1 amide bonds. The SMILES string of the molecule is O=C(O)c1coc(C(=O)NC2CCOC2C2CC2)c1. The first kappa shape index (κ1) is 12.2. The van der Waals surface area contributed by atoms with Crippen LogP contribution in [0.1, 0.15) is 40.2 Å². The van der Waals surface area contributed by atoms with Crippen LogP contribution in [0.4, 0.5) is 0 Å². The zero-order valence-electron chi connectivity index (χ0n) is 10.3. The molecule has 3 rings (SSSR count). The van der Waals surface area contributed by atoms with Crippen LogP contribution in [0, 0.1) is 5.92 Å². The van der Waals surface area contributed by atoms with Gasteiger partial charge in [0.25, 0.3) is 5.91 Å². The maximum absolute atomic E-state index is 12.0. The molecule has 1 saturated heterocycles. The first-order valence-corrected chi connectivity index (χ1v) is 6.39. The Labute approximate surface area is 109 Å². The topological polar surface area (TPSA) is 88.8 Å². The lowest BCUT2D eigenvalue weighted by atomic mass is 10.1. The van der Waals surface area contributed by atoms with Crippen LogP contribution < -0.4 is 5.32 Å². The molecule has 6 nitrogen and oxygen atoms in total. The van der Waals surface area contributed by atoms with Crippen LogP contribution in [0.5, 0.6) is 0 Å². The van der Waals surface area contributed by atoms with Crippen molar-refractivity contribution in [3.8, 4) is 0 Å². The third-order valence-corrected chi connectivity index (χ3v) is 3.61. The summed E-state index contributed by atoms with van der Waals surface area (Å²) >= 11 is 0. The van der Waals surface area contributed by atoms with E-state index in [1.54, 1.807) is 0 Å². The molecular weight excluding hydrogens is 250 g/mol. The van der Waals surface area contributed by atoms with Crippen LogP contribution >= 0.6 is 0 Å². The van der Waals surface area contributed by atoms with Gasteiger partial charge in [0.15, 0.2) is 5.76 Å². The number of carboxylic acid groups (broad SMARTS) is 1. The van der Waals surface area contributed by atoms with Gasteiger partial charge in [-0.1, -0.05) is 0 Å². The van der Waals surface area contributed by atoms with Crippen molar-refractivity contribution in [2.45, 2.75) is 31.4 Å². The van der Waals surface area contributed by atoms with Gasteiger partial charge in [0, 0.05) is 12.7 Å². The van der Waals surface area contributed by atoms with Crippen molar-refractivity contribution < 1.29 is 23.8 Å². The Balaban J connectivity index is 1.65. The summed E-state index contributed by atoms with van der Waals surface area (Å²) in [5.41, 5.74) is -0.0217. The molecule has 1 aromatic heterocycles. The molecule has 2 unspecified atom stereocenters. The molecule has 1 aromatic rings. The van der Waals surface area contributed by atoms with Crippen LogP contribution in [0.3, 0.4) is 0 Å². The van der Waals surface area contributed by atoms with E-state index in [1.807, 2.05) is 0 Å². The van der Waals surface area contributed by atoms with E-state index in [1.165, 1.54) is 6.07 Å². The molecule has 1 aliphatic carbocycles. The Morgan fingerprint density at radius 3 is 2.74 bits per heavy atom. The highest BCUT2D eigenvalue weighted by Crippen LogP contribution is 2.38. The maximum atomic E-state index is 12.0. The summed E-state index contributed by atoms with van der Waals surface area (Å²) in [5.74, 6) is -0.908. The molecule has 2 N–H and O–H groups in total. The number of carboxylic acids is 1. The Morgan fingerprint density at radius 2 is 2.11 bits per heavy atom. The molecule has 2 aliphatic rings. The van der Waals surface area contributed by atoms with Crippen molar-refractivity contribution in [2.24, 2.45) is 5.92 Å². The molecule has 2 fully saturated rings. The minimum Gasteiger partial charge on any atom is -0.478 e. The average Bonchev–Trinajstić information content (AvgIpc) is 2.93. The summed E-state index contributed by atoms with van der Waals surface area (Å²) in [6.07, 6.45) is 4.26. The van der Waals surface area contributed by atoms with Crippen molar-refractivity contribution in [2.75, 3.05) is 6.61 Å². The molecule has 2 atom stereocenters. The lowest BCUT2D eigenvalue weighted by molar-refractivity contribution is 0.0695. The summed E-state index contributed by atoms with van der Waals surface area (Å²) in [6.45, 7) is 0.657. The molecule has 19 heavy (non-hydrogen) atoms. The van der Waals surface area contributed by atoms with E-state index < -0.39 is 5.97 Å². The van der Waals surface area contributed by atoms with Crippen LogP contribution in [-0.4, -0.2) is 35.7 Å². The molecule has 6 heteroatoms. The Kier molecular flexibility index (Phi) is 3.02. The fraction of sp³-hybridized carbons (Fsp3) is 0.538. The second-order valence-electron chi connectivity index (χ2n) is 5.05. The average molecular weight is 265 g/mol. The highest BCUT2D eigenvalue weighted by atomic mass is 16.5. The second-order valence-corrected chi connectivity index (χ2v) is 5.05. The lowest BCUT2D eigenvalue weighted by Gasteiger charge is -2.18. The third-order valence-electron chi connectivity index (χ3n) is 3.61. The van der Waals surface area contributed by atoms with Crippen molar-refractivity contribution >= 4 is 11.9 Å². The van der Waals surface area contributed by atoms with E-state index in [0.717, 1.165) is 25.5 Å².